The van der Waals surface area contributed by atoms with Gasteiger partial charge in [-0.05, 0) is 68.3 Å². The molecule has 2 aromatic rings. The fourth-order valence-electron chi connectivity index (χ4n) is 2.27. The van der Waals surface area contributed by atoms with Crippen LogP contribution in [0.15, 0.2) is 49.1 Å². The lowest BCUT2D eigenvalue weighted by Crippen LogP contribution is -2.30. The van der Waals surface area contributed by atoms with Crippen molar-refractivity contribution in [1.82, 2.24) is 0 Å². The molecule has 0 aliphatic carbocycles. The van der Waals surface area contributed by atoms with Crippen LogP contribution in [-0.2, 0) is 4.79 Å². The largest absolute Gasteiger partial charge is 0.490 e. The van der Waals surface area contributed by atoms with Crippen LogP contribution in [0.1, 0.15) is 18.1 Å². The Bertz CT molecular complexity index is 733. The highest BCUT2D eigenvalue weighted by molar-refractivity contribution is 6.32. The van der Waals surface area contributed by atoms with Gasteiger partial charge in [-0.3, -0.25) is 4.79 Å². The lowest BCUT2D eigenvalue weighted by atomic mass is 10.1. The summed E-state index contributed by atoms with van der Waals surface area (Å²) in [5.41, 5.74) is 2.51. The molecule has 0 unspecified atom stereocenters. The highest BCUT2D eigenvalue weighted by Crippen LogP contribution is 2.26. The molecule has 2 aromatic carbocycles. The van der Waals surface area contributed by atoms with E-state index in [0.29, 0.717) is 28.8 Å². The zero-order valence-electron chi connectivity index (χ0n) is 14.6. The predicted molar refractivity (Wildman–Crippen MR) is 102 cm³/mol. The first kappa shape index (κ1) is 18.9. The Morgan fingerprint density at radius 1 is 1.20 bits per heavy atom. The molecule has 1 amide bonds. The van der Waals surface area contributed by atoms with Gasteiger partial charge in [0, 0.05) is 10.7 Å². The summed E-state index contributed by atoms with van der Waals surface area (Å²) in [5, 5.41) is 3.53. The summed E-state index contributed by atoms with van der Waals surface area (Å²) in [6, 6.07) is 10.8. The van der Waals surface area contributed by atoms with Crippen LogP contribution in [0.25, 0.3) is 0 Å². The molecule has 0 spiro atoms. The van der Waals surface area contributed by atoms with Gasteiger partial charge in [0.05, 0.1) is 0 Å². The Hall–Kier alpha value is -2.46. The number of aryl methyl sites for hydroxylation is 2. The van der Waals surface area contributed by atoms with Crippen molar-refractivity contribution in [3.05, 3.63) is 65.2 Å². The van der Waals surface area contributed by atoms with Crippen molar-refractivity contribution < 1.29 is 14.3 Å². The second kappa shape index (κ2) is 8.58. The zero-order chi connectivity index (χ0) is 18.4. The minimum Gasteiger partial charge on any atom is -0.490 e. The Morgan fingerprint density at radius 3 is 2.36 bits per heavy atom. The van der Waals surface area contributed by atoms with E-state index < -0.39 is 6.10 Å². The Kier molecular flexibility index (Phi) is 6.48. The van der Waals surface area contributed by atoms with Crippen molar-refractivity contribution in [2.24, 2.45) is 0 Å². The van der Waals surface area contributed by atoms with Crippen LogP contribution >= 0.6 is 11.6 Å². The van der Waals surface area contributed by atoms with Crippen LogP contribution in [0.2, 0.25) is 5.02 Å². The predicted octanol–water partition coefficient (Wildman–Crippen LogP) is 4.93. The smallest absolute Gasteiger partial charge is 0.265 e. The number of carbonyl (C=O) groups excluding carboxylic acids is 1. The third-order valence-corrected chi connectivity index (χ3v) is 4.18. The minimum absolute atomic E-state index is 0.231. The summed E-state index contributed by atoms with van der Waals surface area (Å²) < 4.78 is 11.1. The number of amides is 1. The third kappa shape index (κ3) is 5.26. The van der Waals surface area contributed by atoms with Crippen molar-refractivity contribution >= 4 is 23.2 Å². The number of halogens is 1. The van der Waals surface area contributed by atoms with Gasteiger partial charge in [0.15, 0.2) is 6.10 Å². The van der Waals surface area contributed by atoms with E-state index in [2.05, 4.69) is 11.9 Å². The SMILES string of the molecule is C=CCOc1ccc(NC(=O)[C@H](C)Oc2cc(C)c(Cl)c(C)c2)cc1. The molecule has 0 saturated carbocycles. The van der Waals surface area contributed by atoms with E-state index in [0.717, 1.165) is 11.1 Å². The number of benzene rings is 2. The van der Waals surface area contributed by atoms with E-state index in [1.165, 1.54) is 0 Å². The summed E-state index contributed by atoms with van der Waals surface area (Å²) in [6.07, 6.45) is 1.03. The van der Waals surface area contributed by atoms with Gasteiger partial charge in [-0.25, -0.2) is 0 Å². The van der Waals surface area contributed by atoms with Crippen LogP contribution in [0.3, 0.4) is 0 Å². The van der Waals surface area contributed by atoms with Crippen molar-refractivity contribution in [3.8, 4) is 11.5 Å². The van der Waals surface area contributed by atoms with Gasteiger partial charge in [-0.15, -0.1) is 0 Å². The molecule has 0 radical (unpaired) electrons. The van der Waals surface area contributed by atoms with Gasteiger partial charge < -0.3 is 14.8 Å². The van der Waals surface area contributed by atoms with Gasteiger partial charge in [0.25, 0.3) is 5.91 Å². The lowest BCUT2D eigenvalue weighted by Gasteiger charge is -2.16. The average Bonchev–Trinajstić information content (AvgIpc) is 2.59. The molecule has 132 valence electrons. The number of hydrogen-bond acceptors (Lipinski definition) is 3. The number of rotatable bonds is 7. The number of ether oxygens (including phenoxy) is 2. The van der Waals surface area contributed by atoms with E-state index in [-0.39, 0.29) is 5.91 Å². The summed E-state index contributed by atoms with van der Waals surface area (Å²) in [5.74, 6) is 1.11. The maximum Gasteiger partial charge on any atom is 0.265 e. The molecule has 2 rings (SSSR count). The van der Waals surface area contributed by atoms with E-state index in [9.17, 15) is 4.79 Å². The monoisotopic (exact) mass is 359 g/mol. The molecule has 0 aromatic heterocycles. The maximum atomic E-state index is 12.3. The summed E-state index contributed by atoms with van der Waals surface area (Å²) in [7, 11) is 0. The first-order valence-corrected chi connectivity index (χ1v) is 8.36. The molecule has 0 bridgehead atoms. The topological polar surface area (TPSA) is 47.6 Å². The van der Waals surface area contributed by atoms with E-state index >= 15 is 0 Å². The molecule has 1 N–H and O–H groups in total. The maximum absolute atomic E-state index is 12.3. The van der Waals surface area contributed by atoms with Crippen LogP contribution in [0.5, 0.6) is 11.5 Å². The highest BCUT2D eigenvalue weighted by Gasteiger charge is 2.16. The van der Waals surface area contributed by atoms with E-state index in [4.69, 9.17) is 21.1 Å². The number of carbonyl (C=O) groups is 1. The first-order valence-electron chi connectivity index (χ1n) is 7.98. The summed E-state index contributed by atoms with van der Waals surface area (Å²) in [4.78, 5) is 12.3. The molecule has 0 aliphatic heterocycles. The van der Waals surface area contributed by atoms with Crippen LogP contribution in [0.4, 0.5) is 5.69 Å². The molecule has 0 fully saturated rings. The Balaban J connectivity index is 1.97. The van der Waals surface area contributed by atoms with Crippen molar-refractivity contribution in [3.63, 3.8) is 0 Å². The van der Waals surface area contributed by atoms with Crippen LogP contribution in [0, 0.1) is 13.8 Å². The molecule has 4 nitrogen and oxygen atoms in total. The van der Waals surface area contributed by atoms with Gasteiger partial charge in [-0.1, -0.05) is 24.3 Å². The molecular formula is C20H22ClNO3. The molecule has 0 heterocycles. The number of anilines is 1. The summed E-state index contributed by atoms with van der Waals surface area (Å²) >= 11 is 6.15. The fraction of sp³-hybridized carbons (Fsp3) is 0.250. The third-order valence-electron chi connectivity index (χ3n) is 3.58. The standard InChI is InChI=1S/C20H22ClNO3/c1-5-10-24-17-8-6-16(7-9-17)22-20(23)15(4)25-18-11-13(2)19(21)14(3)12-18/h5-9,11-12,15H,1,10H2,2-4H3,(H,22,23)/t15-/m0/s1. The Labute approximate surface area is 153 Å². The number of nitrogens with one attached hydrogen (secondary N) is 1. The second-order valence-electron chi connectivity index (χ2n) is 5.74. The van der Waals surface area contributed by atoms with Gasteiger partial charge in [0.1, 0.15) is 18.1 Å². The minimum atomic E-state index is -0.642. The van der Waals surface area contributed by atoms with Gasteiger partial charge in [0.2, 0.25) is 0 Å². The molecule has 25 heavy (non-hydrogen) atoms. The first-order chi connectivity index (χ1) is 11.9. The fourth-order valence-corrected chi connectivity index (χ4v) is 2.37. The second-order valence-corrected chi connectivity index (χ2v) is 6.12. The molecule has 0 aliphatic rings. The lowest BCUT2D eigenvalue weighted by molar-refractivity contribution is -0.122. The van der Waals surface area contributed by atoms with Crippen molar-refractivity contribution in [2.45, 2.75) is 26.9 Å². The molecule has 1 atom stereocenters. The van der Waals surface area contributed by atoms with Crippen molar-refractivity contribution in [2.75, 3.05) is 11.9 Å². The summed E-state index contributed by atoms with van der Waals surface area (Å²) in [6.45, 7) is 9.56. The normalized spacial score (nSPS) is 11.5. The van der Waals surface area contributed by atoms with Crippen LogP contribution < -0.4 is 14.8 Å². The van der Waals surface area contributed by atoms with E-state index in [1.807, 2.05) is 26.0 Å². The quantitative estimate of drug-likeness (QED) is 0.713. The highest BCUT2D eigenvalue weighted by atomic mass is 35.5. The van der Waals surface area contributed by atoms with Gasteiger partial charge >= 0.3 is 0 Å². The molecule has 0 saturated heterocycles. The van der Waals surface area contributed by atoms with Gasteiger partial charge in [-0.2, -0.15) is 0 Å². The Morgan fingerprint density at radius 2 is 1.80 bits per heavy atom. The number of hydrogen-bond donors (Lipinski definition) is 1. The van der Waals surface area contributed by atoms with E-state index in [1.54, 1.807) is 37.3 Å². The molecule has 5 heteroatoms. The van der Waals surface area contributed by atoms with Crippen molar-refractivity contribution in [1.29, 1.82) is 0 Å². The zero-order valence-corrected chi connectivity index (χ0v) is 15.4. The van der Waals surface area contributed by atoms with Crippen LogP contribution in [-0.4, -0.2) is 18.6 Å². The average molecular weight is 360 g/mol. The molecular weight excluding hydrogens is 338 g/mol.